The number of rotatable bonds is 7. The van der Waals surface area contributed by atoms with Gasteiger partial charge in [-0.2, -0.15) is 0 Å². The molecule has 28 heavy (non-hydrogen) atoms. The van der Waals surface area contributed by atoms with E-state index in [0.29, 0.717) is 16.3 Å². The number of hydrogen-bond acceptors (Lipinski definition) is 3. The minimum Gasteiger partial charge on any atom is -0.457 e. The van der Waals surface area contributed by atoms with Crippen LogP contribution in [0.2, 0.25) is 5.02 Å². The fraction of sp³-hybridized carbons (Fsp3) is 0.250. The van der Waals surface area contributed by atoms with E-state index < -0.39 is 17.6 Å². The minimum absolute atomic E-state index is 0.213. The summed E-state index contributed by atoms with van der Waals surface area (Å²) in [7, 11) is 0. The number of para-hydroxylation sites is 1. The molecular weight excluding hydrogens is 372 g/mol. The summed E-state index contributed by atoms with van der Waals surface area (Å²) in [5.41, 5.74) is 1.15. The van der Waals surface area contributed by atoms with Gasteiger partial charge in [-0.25, -0.2) is 0 Å². The molecule has 0 fully saturated rings. The van der Waals surface area contributed by atoms with Gasteiger partial charge in [-0.15, -0.1) is 0 Å². The molecule has 3 nitrogen and oxygen atoms in total. The summed E-state index contributed by atoms with van der Waals surface area (Å²) in [5, 5.41) is 22.2. The van der Waals surface area contributed by atoms with E-state index in [-0.39, 0.29) is 6.42 Å². The standard InChI is InChI=1S/C24H25ClO3/c1-24(2,18-11-13-19(25)14-12-18)23(27)16-22(26)17-7-6-10-21(15-17)28-20-8-4-3-5-9-20/h3-15,22-23,26-27H,16H2,1-2H3. The zero-order valence-corrected chi connectivity index (χ0v) is 16.8. The number of hydrogen-bond donors (Lipinski definition) is 2. The van der Waals surface area contributed by atoms with E-state index in [1.54, 1.807) is 6.07 Å². The van der Waals surface area contributed by atoms with Gasteiger partial charge in [0, 0.05) is 16.9 Å². The Kier molecular flexibility index (Phi) is 6.40. The molecule has 0 bridgehead atoms. The molecule has 0 radical (unpaired) electrons. The quantitative estimate of drug-likeness (QED) is 0.523. The second-order valence-corrected chi connectivity index (χ2v) is 7.92. The zero-order valence-electron chi connectivity index (χ0n) is 16.0. The first-order valence-electron chi connectivity index (χ1n) is 9.31. The molecule has 0 aliphatic carbocycles. The van der Waals surface area contributed by atoms with Crippen LogP contribution in [-0.4, -0.2) is 16.3 Å². The van der Waals surface area contributed by atoms with Crippen LogP contribution in [-0.2, 0) is 5.41 Å². The van der Waals surface area contributed by atoms with Gasteiger partial charge in [-0.1, -0.05) is 67.9 Å². The van der Waals surface area contributed by atoms with Crippen molar-refractivity contribution in [3.8, 4) is 11.5 Å². The molecule has 0 heterocycles. The molecule has 3 aromatic carbocycles. The summed E-state index contributed by atoms with van der Waals surface area (Å²) >= 11 is 5.96. The van der Waals surface area contributed by atoms with Crippen LogP contribution in [0.4, 0.5) is 0 Å². The van der Waals surface area contributed by atoms with Crippen LogP contribution in [0.5, 0.6) is 11.5 Å². The number of aliphatic hydroxyl groups is 2. The number of halogens is 1. The van der Waals surface area contributed by atoms with Crippen LogP contribution in [0.15, 0.2) is 78.9 Å². The Balaban J connectivity index is 1.70. The lowest BCUT2D eigenvalue weighted by Gasteiger charge is -2.32. The lowest BCUT2D eigenvalue weighted by molar-refractivity contribution is 0.0376. The first kappa shape index (κ1) is 20.4. The van der Waals surface area contributed by atoms with Crippen molar-refractivity contribution < 1.29 is 14.9 Å². The van der Waals surface area contributed by atoms with Crippen molar-refractivity contribution in [3.63, 3.8) is 0 Å². The van der Waals surface area contributed by atoms with E-state index in [4.69, 9.17) is 16.3 Å². The molecular formula is C24H25ClO3. The SMILES string of the molecule is CC(C)(c1ccc(Cl)cc1)C(O)CC(O)c1cccc(Oc2ccccc2)c1. The molecule has 0 spiro atoms. The van der Waals surface area contributed by atoms with E-state index in [2.05, 4.69) is 0 Å². The number of ether oxygens (including phenoxy) is 1. The summed E-state index contributed by atoms with van der Waals surface area (Å²) in [5.74, 6) is 1.38. The zero-order chi connectivity index (χ0) is 20.1. The second-order valence-electron chi connectivity index (χ2n) is 7.48. The van der Waals surface area contributed by atoms with Crippen molar-refractivity contribution >= 4 is 11.6 Å². The Hall–Kier alpha value is -2.33. The average Bonchev–Trinajstić information content (AvgIpc) is 2.69. The van der Waals surface area contributed by atoms with Crippen LogP contribution >= 0.6 is 11.6 Å². The van der Waals surface area contributed by atoms with Crippen molar-refractivity contribution in [3.05, 3.63) is 95.0 Å². The van der Waals surface area contributed by atoms with Gasteiger partial charge < -0.3 is 14.9 Å². The summed E-state index contributed by atoms with van der Waals surface area (Å²) < 4.78 is 5.84. The Labute approximate surface area is 171 Å². The molecule has 146 valence electrons. The van der Waals surface area contributed by atoms with Crippen LogP contribution in [0.25, 0.3) is 0 Å². The van der Waals surface area contributed by atoms with Crippen LogP contribution < -0.4 is 4.74 Å². The van der Waals surface area contributed by atoms with E-state index in [0.717, 1.165) is 11.3 Å². The Morgan fingerprint density at radius 3 is 2.18 bits per heavy atom. The molecule has 2 unspecified atom stereocenters. The van der Waals surface area contributed by atoms with E-state index in [1.807, 2.05) is 86.6 Å². The van der Waals surface area contributed by atoms with Gasteiger partial charge >= 0.3 is 0 Å². The summed E-state index contributed by atoms with van der Waals surface area (Å²) in [6.07, 6.45) is -1.33. The lowest BCUT2D eigenvalue weighted by Crippen LogP contribution is -2.35. The molecule has 0 saturated carbocycles. The van der Waals surface area contributed by atoms with E-state index in [9.17, 15) is 10.2 Å². The number of aliphatic hydroxyl groups excluding tert-OH is 2. The Morgan fingerprint density at radius 1 is 0.857 bits per heavy atom. The van der Waals surface area contributed by atoms with Gasteiger partial charge in [0.15, 0.2) is 0 Å². The monoisotopic (exact) mass is 396 g/mol. The van der Waals surface area contributed by atoms with E-state index >= 15 is 0 Å². The highest BCUT2D eigenvalue weighted by Crippen LogP contribution is 2.34. The third-order valence-electron chi connectivity index (χ3n) is 5.09. The molecule has 3 aromatic rings. The summed E-state index contributed by atoms with van der Waals surface area (Å²) in [6, 6.07) is 24.3. The predicted octanol–water partition coefficient (Wildman–Crippen LogP) is 5.89. The molecule has 0 amide bonds. The maximum absolute atomic E-state index is 10.8. The van der Waals surface area contributed by atoms with Crippen molar-refractivity contribution in [1.82, 2.24) is 0 Å². The second kappa shape index (κ2) is 8.78. The minimum atomic E-state index is -0.805. The van der Waals surface area contributed by atoms with Gasteiger partial charge in [-0.05, 0) is 47.5 Å². The summed E-state index contributed by atoms with van der Waals surface area (Å²) in [6.45, 7) is 3.92. The van der Waals surface area contributed by atoms with E-state index in [1.165, 1.54) is 0 Å². The van der Waals surface area contributed by atoms with Gasteiger partial charge in [0.1, 0.15) is 11.5 Å². The molecule has 2 N–H and O–H groups in total. The molecule has 0 aromatic heterocycles. The lowest BCUT2D eigenvalue weighted by atomic mass is 9.77. The normalized spacial score (nSPS) is 13.8. The predicted molar refractivity (Wildman–Crippen MR) is 113 cm³/mol. The highest BCUT2D eigenvalue weighted by atomic mass is 35.5. The maximum Gasteiger partial charge on any atom is 0.127 e. The van der Waals surface area contributed by atoms with Crippen molar-refractivity contribution in [2.45, 2.75) is 37.9 Å². The third kappa shape index (κ3) is 4.93. The van der Waals surface area contributed by atoms with Gasteiger partial charge in [0.05, 0.1) is 12.2 Å². The molecule has 0 saturated heterocycles. The number of benzene rings is 3. The first-order chi connectivity index (χ1) is 13.4. The molecule has 0 aliphatic rings. The Morgan fingerprint density at radius 2 is 1.50 bits per heavy atom. The van der Waals surface area contributed by atoms with Crippen LogP contribution in [0, 0.1) is 0 Å². The highest BCUT2D eigenvalue weighted by Gasteiger charge is 2.31. The maximum atomic E-state index is 10.8. The van der Waals surface area contributed by atoms with Gasteiger partial charge in [-0.3, -0.25) is 0 Å². The van der Waals surface area contributed by atoms with Crippen LogP contribution in [0.3, 0.4) is 0 Å². The molecule has 3 rings (SSSR count). The molecule has 0 aliphatic heterocycles. The third-order valence-corrected chi connectivity index (χ3v) is 5.34. The smallest absolute Gasteiger partial charge is 0.127 e. The van der Waals surface area contributed by atoms with Crippen molar-refractivity contribution in [1.29, 1.82) is 0 Å². The fourth-order valence-corrected chi connectivity index (χ4v) is 3.25. The van der Waals surface area contributed by atoms with Crippen LogP contribution in [0.1, 0.15) is 37.5 Å². The topological polar surface area (TPSA) is 49.7 Å². The average molecular weight is 397 g/mol. The summed E-state index contributed by atoms with van der Waals surface area (Å²) in [4.78, 5) is 0. The Bertz CT molecular complexity index is 891. The fourth-order valence-electron chi connectivity index (χ4n) is 3.12. The van der Waals surface area contributed by atoms with Crippen molar-refractivity contribution in [2.24, 2.45) is 0 Å². The largest absolute Gasteiger partial charge is 0.457 e. The first-order valence-corrected chi connectivity index (χ1v) is 9.69. The van der Waals surface area contributed by atoms with Crippen molar-refractivity contribution in [2.75, 3.05) is 0 Å². The highest BCUT2D eigenvalue weighted by molar-refractivity contribution is 6.30. The molecule has 4 heteroatoms. The van der Waals surface area contributed by atoms with Gasteiger partial charge in [0.2, 0.25) is 0 Å². The van der Waals surface area contributed by atoms with Gasteiger partial charge in [0.25, 0.3) is 0 Å². The molecule has 2 atom stereocenters.